The molecule has 1 aliphatic rings. The van der Waals surface area contributed by atoms with Crippen molar-refractivity contribution in [2.45, 2.75) is 18.8 Å². The Labute approximate surface area is 122 Å². The standard InChI is InChI=1S/C13H8BrClF2N2/c14-10-11(6-1-2-6)18-13(19-12(10)15)7-3-4-8(16)9(17)5-7/h3-6H,1-2H2. The van der Waals surface area contributed by atoms with Crippen LogP contribution in [0, 0.1) is 11.6 Å². The molecule has 1 heterocycles. The van der Waals surface area contributed by atoms with Crippen LogP contribution >= 0.6 is 27.5 Å². The SMILES string of the molecule is Fc1ccc(-c2nc(Cl)c(Br)c(C3CC3)n2)cc1F. The van der Waals surface area contributed by atoms with Crippen molar-refractivity contribution in [2.24, 2.45) is 0 Å². The van der Waals surface area contributed by atoms with Crippen molar-refractivity contribution in [3.05, 3.63) is 45.2 Å². The summed E-state index contributed by atoms with van der Waals surface area (Å²) >= 11 is 9.41. The summed E-state index contributed by atoms with van der Waals surface area (Å²) in [6.07, 6.45) is 2.12. The quantitative estimate of drug-likeness (QED) is 0.736. The Morgan fingerprint density at radius 3 is 2.53 bits per heavy atom. The van der Waals surface area contributed by atoms with Crippen LogP contribution in [0.3, 0.4) is 0 Å². The van der Waals surface area contributed by atoms with Gasteiger partial charge < -0.3 is 0 Å². The van der Waals surface area contributed by atoms with Crippen molar-refractivity contribution in [3.63, 3.8) is 0 Å². The maximum absolute atomic E-state index is 13.2. The van der Waals surface area contributed by atoms with Crippen LogP contribution in [0.4, 0.5) is 8.78 Å². The summed E-state index contributed by atoms with van der Waals surface area (Å²) in [7, 11) is 0. The fourth-order valence-corrected chi connectivity index (χ4v) is 2.51. The minimum Gasteiger partial charge on any atom is -0.231 e. The van der Waals surface area contributed by atoms with E-state index in [1.165, 1.54) is 6.07 Å². The van der Waals surface area contributed by atoms with Gasteiger partial charge in [-0.3, -0.25) is 0 Å². The first-order valence-electron chi connectivity index (χ1n) is 5.74. The second kappa shape index (κ2) is 4.80. The fourth-order valence-electron chi connectivity index (χ4n) is 1.83. The van der Waals surface area contributed by atoms with Crippen LogP contribution in [0.15, 0.2) is 22.7 Å². The van der Waals surface area contributed by atoms with Gasteiger partial charge in [-0.2, -0.15) is 0 Å². The third-order valence-corrected chi connectivity index (χ3v) is 4.26. The average molecular weight is 346 g/mol. The Morgan fingerprint density at radius 1 is 1.16 bits per heavy atom. The molecular formula is C13H8BrClF2N2. The molecule has 0 atom stereocenters. The van der Waals surface area contributed by atoms with Crippen LogP contribution in [-0.4, -0.2) is 9.97 Å². The van der Waals surface area contributed by atoms with Gasteiger partial charge in [-0.25, -0.2) is 18.7 Å². The molecule has 0 saturated heterocycles. The van der Waals surface area contributed by atoms with E-state index in [0.717, 1.165) is 30.7 Å². The molecule has 0 radical (unpaired) electrons. The van der Waals surface area contributed by atoms with E-state index < -0.39 is 11.6 Å². The first-order chi connectivity index (χ1) is 9.06. The molecule has 0 spiro atoms. The molecule has 1 saturated carbocycles. The number of halogens is 4. The number of benzene rings is 1. The van der Waals surface area contributed by atoms with Gasteiger partial charge in [0, 0.05) is 11.5 Å². The lowest BCUT2D eigenvalue weighted by Gasteiger charge is -2.07. The minimum atomic E-state index is -0.923. The maximum atomic E-state index is 13.2. The maximum Gasteiger partial charge on any atom is 0.161 e. The molecule has 98 valence electrons. The Balaban J connectivity index is 2.11. The Kier molecular flexibility index (Phi) is 3.27. The van der Waals surface area contributed by atoms with Gasteiger partial charge in [0.25, 0.3) is 0 Å². The largest absolute Gasteiger partial charge is 0.231 e. The van der Waals surface area contributed by atoms with E-state index in [1.54, 1.807) is 0 Å². The lowest BCUT2D eigenvalue weighted by molar-refractivity contribution is 0.509. The normalized spacial score (nSPS) is 14.7. The third kappa shape index (κ3) is 2.49. The van der Waals surface area contributed by atoms with Crippen molar-refractivity contribution in [1.29, 1.82) is 0 Å². The predicted molar refractivity (Wildman–Crippen MR) is 72.1 cm³/mol. The molecule has 19 heavy (non-hydrogen) atoms. The van der Waals surface area contributed by atoms with E-state index in [-0.39, 0.29) is 5.15 Å². The zero-order valence-electron chi connectivity index (χ0n) is 9.63. The monoisotopic (exact) mass is 344 g/mol. The second-order valence-electron chi connectivity index (χ2n) is 4.44. The lowest BCUT2D eigenvalue weighted by atomic mass is 10.2. The van der Waals surface area contributed by atoms with Crippen LogP contribution in [0.2, 0.25) is 5.15 Å². The first kappa shape index (κ1) is 12.9. The van der Waals surface area contributed by atoms with Crippen molar-refractivity contribution in [3.8, 4) is 11.4 Å². The highest BCUT2D eigenvalue weighted by Gasteiger charge is 2.29. The topological polar surface area (TPSA) is 25.8 Å². The van der Waals surface area contributed by atoms with Gasteiger partial charge in [0.1, 0.15) is 5.15 Å². The zero-order valence-corrected chi connectivity index (χ0v) is 12.0. The molecule has 1 fully saturated rings. The van der Waals surface area contributed by atoms with Crippen molar-refractivity contribution >= 4 is 27.5 Å². The minimum absolute atomic E-state index is 0.289. The predicted octanol–water partition coefficient (Wildman–Crippen LogP) is 4.72. The highest BCUT2D eigenvalue weighted by atomic mass is 79.9. The molecule has 0 amide bonds. The molecule has 6 heteroatoms. The number of nitrogens with zero attached hydrogens (tertiary/aromatic N) is 2. The second-order valence-corrected chi connectivity index (χ2v) is 5.59. The van der Waals surface area contributed by atoms with Crippen LogP contribution < -0.4 is 0 Å². The van der Waals surface area contributed by atoms with Crippen LogP contribution in [-0.2, 0) is 0 Å². The zero-order chi connectivity index (χ0) is 13.6. The molecule has 2 nitrogen and oxygen atoms in total. The van der Waals surface area contributed by atoms with Crippen molar-refractivity contribution in [1.82, 2.24) is 9.97 Å². The Morgan fingerprint density at radius 2 is 1.89 bits per heavy atom. The summed E-state index contributed by atoms with van der Waals surface area (Å²) in [6, 6.07) is 3.57. The van der Waals surface area contributed by atoms with Gasteiger partial charge in [0.15, 0.2) is 17.5 Å². The average Bonchev–Trinajstić information content (AvgIpc) is 3.20. The highest BCUT2D eigenvalue weighted by molar-refractivity contribution is 9.10. The van der Waals surface area contributed by atoms with Gasteiger partial charge in [-0.15, -0.1) is 0 Å². The molecule has 0 unspecified atom stereocenters. The molecule has 0 aliphatic heterocycles. The summed E-state index contributed by atoms with van der Waals surface area (Å²) in [4.78, 5) is 8.51. The number of hydrogen-bond donors (Lipinski definition) is 0. The molecule has 1 aromatic carbocycles. The lowest BCUT2D eigenvalue weighted by Crippen LogP contribution is -1.98. The van der Waals surface area contributed by atoms with Gasteiger partial charge >= 0.3 is 0 Å². The number of rotatable bonds is 2. The van der Waals surface area contributed by atoms with E-state index in [9.17, 15) is 8.78 Å². The van der Waals surface area contributed by atoms with E-state index in [2.05, 4.69) is 25.9 Å². The van der Waals surface area contributed by atoms with Gasteiger partial charge in [0.05, 0.1) is 10.2 Å². The van der Waals surface area contributed by atoms with Gasteiger partial charge in [-0.1, -0.05) is 11.6 Å². The summed E-state index contributed by atoms with van der Waals surface area (Å²) in [5.41, 5.74) is 1.25. The van der Waals surface area contributed by atoms with Gasteiger partial charge in [0.2, 0.25) is 0 Å². The van der Waals surface area contributed by atoms with Crippen LogP contribution in [0.5, 0.6) is 0 Å². The molecule has 1 aromatic heterocycles. The number of hydrogen-bond acceptors (Lipinski definition) is 2. The molecule has 1 aliphatic carbocycles. The summed E-state index contributed by atoms with van der Waals surface area (Å²) in [5.74, 6) is -1.13. The van der Waals surface area contributed by atoms with Crippen molar-refractivity contribution < 1.29 is 8.78 Å². The van der Waals surface area contributed by atoms with Gasteiger partial charge in [-0.05, 0) is 47.0 Å². The van der Waals surface area contributed by atoms with Crippen molar-refractivity contribution in [2.75, 3.05) is 0 Å². The Bertz CT molecular complexity index is 659. The molecular weight excluding hydrogens is 338 g/mol. The van der Waals surface area contributed by atoms with Crippen LogP contribution in [0.25, 0.3) is 11.4 Å². The summed E-state index contributed by atoms with van der Waals surface area (Å²) in [6.45, 7) is 0. The van der Waals surface area contributed by atoms with E-state index in [0.29, 0.717) is 21.8 Å². The molecule has 2 aromatic rings. The molecule has 3 rings (SSSR count). The first-order valence-corrected chi connectivity index (χ1v) is 6.91. The van der Waals surface area contributed by atoms with E-state index >= 15 is 0 Å². The molecule has 0 N–H and O–H groups in total. The van der Waals surface area contributed by atoms with Crippen LogP contribution in [0.1, 0.15) is 24.5 Å². The number of aromatic nitrogens is 2. The summed E-state index contributed by atoms with van der Waals surface area (Å²) in [5, 5.41) is 0.289. The van der Waals surface area contributed by atoms with E-state index in [1.807, 2.05) is 0 Å². The summed E-state index contributed by atoms with van der Waals surface area (Å²) < 4.78 is 26.9. The van der Waals surface area contributed by atoms with E-state index in [4.69, 9.17) is 11.6 Å². The Hall–Kier alpha value is -1.07. The fraction of sp³-hybridized carbons (Fsp3) is 0.231. The third-order valence-electron chi connectivity index (χ3n) is 2.98. The highest BCUT2D eigenvalue weighted by Crippen LogP contribution is 2.44. The smallest absolute Gasteiger partial charge is 0.161 e. The molecule has 0 bridgehead atoms.